The van der Waals surface area contributed by atoms with Crippen LogP contribution in [0.3, 0.4) is 0 Å². The summed E-state index contributed by atoms with van der Waals surface area (Å²) in [6, 6.07) is 12.4. The number of hydrogen-bond donors (Lipinski definition) is 1. The highest BCUT2D eigenvalue weighted by molar-refractivity contribution is 6.01. The van der Waals surface area contributed by atoms with Gasteiger partial charge in [-0.3, -0.25) is 9.79 Å². The van der Waals surface area contributed by atoms with Crippen LogP contribution in [0.4, 0.5) is 0 Å². The van der Waals surface area contributed by atoms with E-state index in [-0.39, 0.29) is 11.4 Å². The molecule has 0 aliphatic heterocycles. The highest BCUT2D eigenvalue weighted by Crippen LogP contribution is 2.32. The topological polar surface area (TPSA) is 73.0 Å². The highest BCUT2D eigenvalue weighted by atomic mass is 16.5. The van der Waals surface area contributed by atoms with Gasteiger partial charge >= 0.3 is 0 Å². The van der Waals surface area contributed by atoms with E-state index < -0.39 is 0 Å². The Hall–Kier alpha value is -3.54. The lowest BCUT2D eigenvalue weighted by Gasteiger charge is -2.15. The van der Waals surface area contributed by atoms with Gasteiger partial charge in [0.05, 0.1) is 25.5 Å². The molecule has 0 unspecified atom stereocenters. The van der Waals surface area contributed by atoms with Crippen molar-refractivity contribution in [1.82, 2.24) is 4.57 Å². The maximum absolute atomic E-state index is 13.3. The van der Waals surface area contributed by atoms with Crippen LogP contribution in [0, 0.1) is 0 Å². The average Bonchev–Trinajstić information content (AvgIpc) is 2.84. The van der Waals surface area contributed by atoms with Crippen molar-refractivity contribution in [2.24, 2.45) is 4.99 Å². The Morgan fingerprint density at radius 2 is 1.84 bits per heavy atom. The molecule has 2 aromatic carbocycles. The molecule has 6 nitrogen and oxygen atoms in total. The smallest absolute Gasteiger partial charge is 0.265 e. The summed E-state index contributed by atoms with van der Waals surface area (Å²) in [6.45, 7) is 0.648. The van der Waals surface area contributed by atoms with Crippen LogP contribution in [-0.4, -0.2) is 36.7 Å². The number of aromatic hydroxyl groups is 1. The van der Waals surface area contributed by atoms with Gasteiger partial charge in [0.2, 0.25) is 5.88 Å². The Bertz CT molecular complexity index is 1240. The number of benzene rings is 2. The number of fused-ring (bicyclic) bond motifs is 1. The van der Waals surface area contributed by atoms with Gasteiger partial charge in [-0.2, -0.15) is 0 Å². The largest absolute Gasteiger partial charge is 0.494 e. The van der Waals surface area contributed by atoms with Gasteiger partial charge in [0.1, 0.15) is 0 Å². The summed E-state index contributed by atoms with van der Waals surface area (Å²) >= 11 is 0. The van der Waals surface area contributed by atoms with Crippen molar-refractivity contribution in [2.75, 3.05) is 20.8 Å². The van der Waals surface area contributed by atoms with Crippen LogP contribution >= 0.6 is 0 Å². The first-order chi connectivity index (χ1) is 15.6. The third kappa shape index (κ3) is 4.26. The van der Waals surface area contributed by atoms with E-state index in [0.717, 1.165) is 19.3 Å². The van der Waals surface area contributed by atoms with Crippen molar-refractivity contribution in [3.05, 3.63) is 70.0 Å². The molecule has 1 heterocycles. The molecule has 0 amide bonds. The Morgan fingerprint density at radius 3 is 2.56 bits per heavy atom. The van der Waals surface area contributed by atoms with E-state index in [9.17, 15) is 9.90 Å². The van der Waals surface area contributed by atoms with Crippen LogP contribution in [0.5, 0.6) is 17.4 Å². The van der Waals surface area contributed by atoms with Crippen molar-refractivity contribution in [3.8, 4) is 23.1 Å². The summed E-state index contributed by atoms with van der Waals surface area (Å²) < 4.78 is 12.0. The Morgan fingerprint density at radius 1 is 1.06 bits per heavy atom. The fraction of sp³-hybridized carbons (Fsp3) is 0.308. The van der Waals surface area contributed by atoms with Gasteiger partial charge in [-0.25, -0.2) is 4.57 Å². The van der Waals surface area contributed by atoms with Crippen LogP contribution in [0.2, 0.25) is 0 Å². The second-order valence-electron chi connectivity index (χ2n) is 7.86. The van der Waals surface area contributed by atoms with E-state index >= 15 is 0 Å². The second-order valence-corrected chi connectivity index (χ2v) is 7.86. The molecule has 4 rings (SSSR count). The summed E-state index contributed by atoms with van der Waals surface area (Å²) in [5.74, 6) is 0.866. The summed E-state index contributed by atoms with van der Waals surface area (Å²) in [7, 11) is 3.08. The Balaban J connectivity index is 1.77. The second kappa shape index (κ2) is 9.73. The lowest BCUT2D eigenvalue weighted by atomic mass is 9.97. The molecule has 0 atom stereocenters. The zero-order chi connectivity index (χ0) is 22.5. The van der Waals surface area contributed by atoms with E-state index in [1.165, 1.54) is 30.1 Å². The van der Waals surface area contributed by atoms with Crippen molar-refractivity contribution in [1.29, 1.82) is 0 Å². The van der Waals surface area contributed by atoms with Crippen LogP contribution in [-0.2, 0) is 0 Å². The number of nitrogens with zero attached hydrogens (tertiary/aromatic N) is 2. The molecular formula is C26H28N2O4. The van der Waals surface area contributed by atoms with Crippen LogP contribution < -0.4 is 15.0 Å². The molecule has 0 fully saturated rings. The molecule has 3 aromatic rings. The van der Waals surface area contributed by atoms with Gasteiger partial charge < -0.3 is 14.6 Å². The van der Waals surface area contributed by atoms with E-state index in [2.05, 4.69) is 11.1 Å². The molecule has 1 aliphatic carbocycles. The van der Waals surface area contributed by atoms with Gasteiger partial charge in [-0.05, 0) is 50.3 Å². The van der Waals surface area contributed by atoms with Crippen molar-refractivity contribution < 1.29 is 14.6 Å². The Labute approximate surface area is 187 Å². The summed E-state index contributed by atoms with van der Waals surface area (Å²) in [5, 5.41) is 12.3. The van der Waals surface area contributed by atoms with Crippen LogP contribution in [0.1, 0.15) is 37.7 Å². The minimum Gasteiger partial charge on any atom is -0.494 e. The zero-order valence-electron chi connectivity index (χ0n) is 18.5. The molecule has 1 aromatic heterocycles. The van der Waals surface area contributed by atoms with Gasteiger partial charge in [0, 0.05) is 29.6 Å². The van der Waals surface area contributed by atoms with Gasteiger partial charge in [-0.1, -0.05) is 29.8 Å². The molecule has 0 radical (unpaired) electrons. The molecule has 0 saturated heterocycles. The Kier molecular flexibility index (Phi) is 6.59. The fourth-order valence-electron chi connectivity index (χ4n) is 4.19. The molecule has 0 bridgehead atoms. The van der Waals surface area contributed by atoms with Crippen LogP contribution in [0.15, 0.2) is 63.9 Å². The van der Waals surface area contributed by atoms with E-state index in [1.807, 2.05) is 18.2 Å². The molecule has 0 saturated carbocycles. The zero-order valence-corrected chi connectivity index (χ0v) is 18.5. The van der Waals surface area contributed by atoms with E-state index in [1.54, 1.807) is 37.6 Å². The predicted octanol–water partition coefficient (Wildman–Crippen LogP) is 5.02. The number of rotatable bonds is 7. The van der Waals surface area contributed by atoms with Crippen LogP contribution in [0.25, 0.3) is 16.5 Å². The lowest BCUT2D eigenvalue weighted by Crippen LogP contribution is -2.20. The van der Waals surface area contributed by atoms with E-state index in [4.69, 9.17) is 9.47 Å². The maximum atomic E-state index is 13.3. The van der Waals surface area contributed by atoms with Gasteiger partial charge in [0.25, 0.3) is 5.56 Å². The SMILES string of the molecule is COc1ccc(-n2c(O)c(C=NCCC3=CCCCC3)c3ccccc3c2=O)cc1OC. The molecule has 6 heteroatoms. The first kappa shape index (κ1) is 21.7. The number of hydrogen-bond acceptors (Lipinski definition) is 5. The van der Waals surface area contributed by atoms with Gasteiger partial charge in [0.15, 0.2) is 11.5 Å². The molecule has 166 valence electrons. The van der Waals surface area contributed by atoms with Crippen molar-refractivity contribution >= 4 is 17.0 Å². The van der Waals surface area contributed by atoms with Gasteiger partial charge in [-0.15, -0.1) is 0 Å². The van der Waals surface area contributed by atoms with E-state index in [0.29, 0.717) is 40.1 Å². The maximum Gasteiger partial charge on any atom is 0.265 e. The monoisotopic (exact) mass is 432 g/mol. The summed E-state index contributed by atoms with van der Waals surface area (Å²) in [4.78, 5) is 17.9. The fourth-order valence-corrected chi connectivity index (χ4v) is 4.19. The minimum atomic E-state index is -0.310. The summed E-state index contributed by atoms with van der Waals surface area (Å²) in [6.07, 6.45) is 9.74. The molecular weight excluding hydrogens is 404 g/mol. The number of methoxy groups -OCH3 is 2. The standard InChI is InChI=1S/C26H28N2O4/c1-31-23-13-12-19(16-24(23)32-2)28-25(29)21-11-7-6-10-20(21)22(26(28)30)17-27-15-14-18-8-4-3-5-9-18/h6-8,10-13,16-17,30H,3-5,9,14-15H2,1-2H3. The number of aromatic nitrogens is 1. The van der Waals surface area contributed by atoms with Crippen molar-refractivity contribution in [2.45, 2.75) is 32.1 Å². The molecule has 1 aliphatic rings. The summed E-state index contributed by atoms with van der Waals surface area (Å²) in [5.41, 5.74) is 2.15. The normalized spacial score (nSPS) is 14.0. The highest BCUT2D eigenvalue weighted by Gasteiger charge is 2.17. The number of pyridine rings is 1. The lowest BCUT2D eigenvalue weighted by molar-refractivity contribution is 0.354. The number of ether oxygens (including phenoxy) is 2. The molecule has 32 heavy (non-hydrogen) atoms. The third-order valence-corrected chi connectivity index (χ3v) is 5.90. The quantitative estimate of drug-likeness (QED) is 0.420. The number of aliphatic imine (C=N–C) groups is 1. The predicted molar refractivity (Wildman–Crippen MR) is 128 cm³/mol. The average molecular weight is 433 g/mol. The minimum absolute atomic E-state index is 0.151. The third-order valence-electron chi connectivity index (χ3n) is 5.90. The molecule has 1 N–H and O–H groups in total. The first-order valence-corrected chi connectivity index (χ1v) is 10.9. The number of allylic oxidation sites excluding steroid dienone is 1. The van der Waals surface area contributed by atoms with Crippen molar-refractivity contribution in [3.63, 3.8) is 0 Å². The first-order valence-electron chi connectivity index (χ1n) is 10.9. The molecule has 0 spiro atoms.